The molecule has 1 amide bonds. The van der Waals surface area contributed by atoms with Crippen LogP contribution in [0.2, 0.25) is 0 Å². The van der Waals surface area contributed by atoms with Gasteiger partial charge in [0, 0.05) is 22.1 Å². The molecule has 146 valence electrons. The van der Waals surface area contributed by atoms with E-state index < -0.39 is 0 Å². The number of ether oxygens (including phenoxy) is 1. The lowest BCUT2D eigenvalue weighted by atomic mass is 9.85. The van der Waals surface area contributed by atoms with Crippen LogP contribution in [0.3, 0.4) is 0 Å². The van der Waals surface area contributed by atoms with Crippen LogP contribution in [0.15, 0.2) is 51.7 Å². The maximum Gasteiger partial charge on any atom is 0.326 e. The third-order valence-electron chi connectivity index (χ3n) is 5.49. The van der Waals surface area contributed by atoms with E-state index in [1.807, 2.05) is 47.0 Å². The highest BCUT2D eigenvalue weighted by atomic mass is 79.9. The molecule has 6 nitrogen and oxygen atoms in total. The van der Waals surface area contributed by atoms with E-state index in [-0.39, 0.29) is 23.6 Å². The Morgan fingerprint density at radius 2 is 1.86 bits per heavy atom. The van der Waals surface area contributed by atoms with Crippen molar-refractivity contribution in [3.63, 3.8) is 0 Å². The number of anilines is 1. The Kier molecular flexibility index (Phi) is 5.26. The molecule has 1 saturated carbocycles. The number of aromatic nitrogens is 2. The molecule has 4 rings (SSSR count). The first kappa shape index (κ1) is 18.8. The van der Waals surface area contributed by atoms with Crippen molar-refractivity contribution in [3.8, 4) is 5.75 Å². The number of methoxy groups -OCH3 is 1. The largest absolute Gasteiger partial charge is 0.497 e. The van der Waals surface area contributed by atoms with Crippen molar-refractivity contribution >= 4 is 38.6 Å². The number of aromatic amines is 1. The Morgan fingerprint density at radius 1 is 1.14 bits per heavy atom. The van der Waals surface area contributed by atoms with Crippen molar-refractivity contribution < 1.29 is 9.53 Å². The van der Waals surface area contributed by atoms with E-state index in [0.29, 0.717) is 0 Å². The molecule has 1 aromatic heterocycles. The van der Waals surface area contributed by atoms with Gasteiger partial charge in [-0.2, -0.15) is 0 Å². The molecular weight excluding hydrogens is 422 g/mol. The van der Waals surface area contributed by atoms with E-state index in [2.05, 4.69) is 26.2 Å². The second-order valence-electron chi connectivity index (χ2n) is 7.16. The summed E-state index contributed by atoms with van der Waals surface area (Å²) in [7, 11) is 1.61. The monoisotopic (exact) mass is 443 g/mol. The Balaban J connectivity index is 1.43. The predicted octanol–water partition coefficient (Wildman–Crippen LogP) is 4.47. The van der Waals surface area contributed by atoms with Gasteiger partial charge in [0.15, 0.2) is 0 Å². The minimum atomic E-state index is -0.0898. The molecular formula is C21H22BrN3O3. The minimum absolute atomic E-state index is 0.0361. The zero-order valence-corrected chi connectivity index (χ0v) is 17.2. The Labute approximate surface area is 171 Å². The number of fused-ring (bicyclic) bond motifs is 1. The fraction of sp³-hybridized carbons (Fsp3) is 0.333. The summed E-state index contributed by atoms with van der Waals surface area (Å²) in [6, 6.07) is 13.3. The number of imidazole rings is 1. The number of amides is 1. The van der Waals surface area contributed by atoms with Crippen LogP contribution >= 0.6 is 15.9 Å². The van der Waals surface area contributed by atoms with Gasteiger partial charge in [-0.05, 0) is 78.0 Å². The first-order valence-electron chi connectivity index (χ1n) is 9.40. The van der Waals surface area contributed by atoms with Gasteiger partial charge in [-0.3, -0.25) is 9.36 Å². The van der Waals surface area contributed by atoms with Crippen LogP contribution in [-0.2, 0) is 4.79 Å². The lowest BCUT2D eigenvalue weighted by Gasteiger charge is -2.28. The molecule has 1 aliphatic carbocycles. The highest BCUT2D eigenvalue weighted by Crippen LogP contribution is 2.34. The molecule has 2 N–H and O–H groups in total. The van der Waals surface area contributed by atoms with Crippen LogP contribution in [-0.4, -0.2) is 22.6 Å². The molecule has 2 aromatic carbocycles. The molecule has 1 aliphatic rings. The van der Waals surface area contributed by atoms with Crippen LogP contribution in [0.5, 0.6) is 5.75 Å². The molecule has 3 aromatic rings. The van der Waals surface area contributed by atoms with Gasteiger partial charge < -0.3 is 15.0 Å². The number of benzene rings is 2. The third-order valence-corrected chi connectivity index (χ3v) is 6.15. The van der Waals surface area contributed by atoms with Crippen molar-refractivity contribution in [1.29, 1.82) is 0 Å². The van der Waals surface area contributed by atoms with Crippen molar-refractivity contribution in [2.75, 3.05) is 12.4 Å². The number of para-hydroxylation sites is 1. The van der Waals surface area contributed by atoms with E-state index in [4.69, 9.17) is 4.74 Å². The van der Waals surface area contributed by atoms with Crippen LogP contribution in [0.1, 0.15) is 31.7 Å². The normalized spacial score (nSPS) is 19.5. The number of hydrogen-bond acceptors (Lipinski definition) is 3. The summed E-state index contributed by atoms with van der Waals surface area (Å²) in [6.07, 6.45) is 3.14. The first-order valence-corrected chi connectivity index (χ1v) is 10.2. The standard InChI is InChI=1S/C21H22BrN3O3/c1-28-16-11-7-14(8-12-16)23-20(26)13-5-9-15(10-6-13)25-18-4-2-3-17(22)19(18)24-21(25)27/h2-4,7-8,11-13,15H,5-6,9-10H2,1H3,(H,23,26)(H,24,27). The van der Waals surface area contributed by atoms with Gasteiger partial charge in [0.25, 0.3) is 0 Å². The maximum atomic E-state index is 12.6. The SMILES string of the molecule is COc1ccc(NC(=O)C2CCC(n3c(=O)[nH]c4c(Br)cccc43)CC2)cc1. The van der Waals surface area contributed by atoms with Gasteiger partial charge in [-0.15, -0.1) is 0 Å². The molecule has 0 unspecified atom stereocenters. The molecule has 1 heterocycles. The fourth-order valence-electron chi connectivity index (χ4n) is 3.99. The molecule has 28 heavy (non-hydrogen) atoms. The van der Waals surface area contributed by atoms with E-state index in [9.17, 15) is 9.59 Å². The van der Waals surface area contributed by atoms with Crippen LogP contribution in [0.4, 0.5) is 5.69 Å². The second kappa shape index (κ2) is 7.83. The highest BCUT2D eigenvalue weighted by molar-refractivity contribution is 9.10. The van der Waals surface area contributed by atoms with Crippen molar-refractivity contribution in [2.45, 2.75) is 31.7 Å². The van der Waals surface area contributed by atoms with Gasteiger partial charge in [0.1, 0.15) is 5.75 Å². The molecule has 7 heteroatoms. The van der Waals surface area contributed by atoms with Crippen LogP contribution in [0.25, 0.3) is 11.0 Å². The van der Waals surface area contributed by atoms with Crippen molar-refractivity contribution in [3.05, 3.63) is 57.4 Å². The third kappa shape index (κ3) is 3.58. The number of carbonyl (C=O) groups is 1. The molecule has 0 atom stereocenters. The number of carbonyl (C=O) groups excluding carboxylic acids is 1. The van der Waals surface area contributed by atoms with E-state index >= 15 is 0 Å². The Hall–Kier alpha value is -2.54. The van der Waals surface area contributed by atoms with E-state index in [1.165, 1.54) is 0 Å². The number of halogens is 1. The lowest BCUT2D eigenvalue weighted by molar-refractivity contribution is -0.121. The maximum absolute atomic E-state index is 12.6. The average molecular weight is 444 g/mol. The predicted molar refractivity (Wildman–Crippen MR) is 113 cm³/mol. The van der Waals surface area contributed by atoms with Gasteiger partial charge in [0.05, 0.1) is 18.1 Å². The van der Waals surface area contributed by atoms with E-state index in [1.54, 1.807) is 7.11 Å². The molecule has 0 spiro atoms. The summed E-state index contributed by atoms with van der Waals surface area (Å²) < 4.78 is 7.87. The summed E-state index contributed by atoms with van der Waals surface area (Å²) in [5, 5.41) is 2.99. The van der Waals surface area contributed by atoms with Gasteiger partial charge in [-0.25, -0.2) is 4.79 Å². The zero-order chi connectivity index (χ0) is 19.7. The van der Waals surface area contributed by atoms with E-state index in [0.717, 1.165) is 52.6 Å². The number of nitrogens with one attached hydrogen (secondary N) is 2. The molecule has 0 saturated heterocycles. The minimum Gasteiger partial charge on any atom is -0.497 e. The fourth-order valence-corrected chi connectivity index (χ4v) is 4.45. The summed E-state index contributed by atoms with van der Waals surface area (Å²) >= 11 is 3.49. The molecule has 1 fully saturated rings. The van der Waals surface area contributed by atoms with Crippen LogP contribution < -0.4 is 15.7 Å². The topological polar surface area (TPSA) is 76.1 Å². The highest BCUT2D eigenvalue weighted by Gasteiger charge is 2.29. The average Bonchev–Trinajstić information content (AvgIpc) is 3.06. The Morgan fingerprint density at radius 3 is 2.54 bits per heavy atom. The molecule has 0 radical (unpaired) electrons. The summed E-state index contributed by atoms with van der Waals surface area (Å²) in [5.74, 6) is 0.762. The second-order valence-corrected chi connectivity index (χ2v) is 8.01. The molecule has 0 bridgehead atoms. The number of H-pyrrole nitrogens is 1. The summed E-state index contributed by atoms with van der Waals surface area (Å²) in [6.45, 7) is 0. The summed E-state index contributed by atoms with van der Waals surface area (Å²) in [5.41, 5.74) is 2.41. The lowest BCUT2D eigenvalue weighted by Crippen LogP contribution is -2.31. The summed E-state index contributed by atoms with van der Waals surface area (Å²) in [4.78, 5) is 28.1. The first-order chi connectivity index (χ1) is 13.6. The van der Waals surface area contributed by atoms with Gasteiger partial charge in [-0.1, -0.05) is 6.07 Å². The number of nitrogens with zero attached hydrogens (tertiary/aromatic N) is 1. The smallest absolute Gasteiger partial charge is 0.326 e. The van der Waals surface area contributed by atoms with Gasteiger partial charge >= 0.3 is 5.69 Å². The van der Waals surface area contributed by atoms with Crippen molar-refractivity contribution in [1.82, 2.24) is 9.55 Å². The van der Waals surface area contributed by atoms with Gasteiger partial charge in [0.2, 0.25) is 5.91 Å². The zero-order valence-electron chi connectivity index (χ0n) is 15.6. The number of rotatable bonds is 4. The Bertz CT molecular complexity index is 1050. The number of hydrogen-bond donors (Lipinski definition) is 2. The quantitative estimate of drug-likeness (QED) is 0.624. The van der Waals surface area contributed by atoms with Crippen molar-refractivity contribution in [2.24, 2.45) is 5.92 Å². The molecule has 0 aliphatic heterocycles. The van der Waals surface area contributed by atoms with Crippen LogP contribution in [0, 0.1) is 5.92 Å².